The molecule has 5 atom stereocenters. The summed E-state index contributed by atoms with van der Waals surface area (Å²) in [5.74, 6) is 1.11. The van der Waals surface area contributed by atoms with Crippen molar-refractivity contribution in [3.63, 3.8) is 0 Å². The van der Waals surface area contributed by atoms with Crippen LogP contribution in [0.15, 0.2) is 23.8 Å². The minimum absolute atomic E-state index is 0.00728. The number of hydrogen-bond acceptors (Lipinski definition) is 2. The first-order valence-electron chi connectivity index (χ1n) is 6.58. The Morgan fingerprint density at radius 2 is 2.24 bits per heavy atom. The summed E-state index contributed by atoms with van der Waals surface area (Å²) in [6.45, 7) is 6.54. The van der Waals surface area contributed by atoms with E-state index in [-0.39, 0.29) is 23.4 Å². The van der Waals surface area contributed by atoms with Crippen LogP contribution in [0.4, 0.5) is 0 Å². The highest BCUT2D eigenvalue weighted by Gasteiger charge is 2.52. The number of ether oxygens (including phenoxy) is 1. The summed E-state index contributed by atoms with van der Waals surface area (Å²) in [5, 5.41) is 0. The van der Waals surface area contributed by atoms with Crippen molar-refractivity contribution in [2.24, 2.45) is 23.2 Å². The molecule has 1 aliphatic heterocycles. The lowest BCUT2D eigenvalue weighted by Gasteiger charge is -2.46. The van der Waals surface area contributed by atoms with E-state index in [0.717, 1.165) is 12.8 Å². The molecular formula is C15H20O2. The van der Waals surface area contributed by atoms with E-state index in [0.29, 0.717) is 11.8 Å². The first kappa shape index (κ1) is 11.1. The van der Waals surface area contributed by atoms with Crippen LogP contribution < -0.4 is 0 Å². The van der Waals surface area contributed by atoms with Crippen molar-refractivity contribution in [1.29, 1.82) is 0 Å². The van der Waals surface area contributed by atoms with Crippen LogP contribution in [0.5, 0.6) is 0 Å². The van der Waals surface area contributed by atoms with Gasteiger partial charge in [-0.1, -0.05) is 37.6 Å². The van der Waals surface area contributed by atoms with E-state index in [1.165, 1.54) is 5.57 Å². The molecule has 0 radical (unpaired) electrons. The zero-order chi connectivity index (χ0) is 12.2. The van der Waals surface area contributed by atoms with Crippen molar-refractivity contribution >= 4 is 5.97 Å². The third-order valence-corrected chi connectivity index (χ3v) is 5.09. The van der Waals surface area contributed by atoms with E-state index in [1.807, 2.05) is 6.92 Å². The lowest BCUT2D eigenvalue weighted by Crippen LogP contribution is -2.42. The Hall–Kier alpha value is -1.05. The molecule has 0 N–H and O–H groups in total. The van der Waals surface area contributed by atoms with Gasteiger partial charge in [-0.05, 0) is 31.1 Å². The van der Waals surface area contributed by atoms with Gasteiger partial charge in [0.05, 0.1) is 5.92 Å². The van der Waals surface area contributed by atoms with E-state index in [2.05, 4.69) is 32.1 Å². The standard InChI is InChI=1S/C15H20O2/c1-9-5-4-6-15(3)8-13-11(7-12(9)15)10(2)14(16)17-13/h4-6,10-13H,7-8H2,1-3H3/t10-,11+,12-,13+,15+/m0/s1. The second kappa shape index (κ2) is 3.47. The average molecular weight is 232 g/mol. The number of carbonyl (C=O) groups is 1. The normalized spacial score (nSPS) is 48.2. The molecule has 2 aliphatic carbocycles. The molecule has 0 bridgehead atoms. The van der Waals surface area contributed by atoms with E-state index in [1.54, 1.807) is 0 Å². The maximum atomic E-state index is 11.7. The zero-order valence-electron chi connectivity index (χ0n) is 10.8. The van der Waals surface area contributed by atoms with Crippen molar-refractivity contribution in [3.05, 3.63) is 23.8 Å². The molecule has 92 valence electrons. The Morgan fingerprint density at radius 1 is 1.47 bits per heavy atom. The number of esters is 1. The highest BCUT2D eigenvalue weighted by atomic mass is 16.6. The lowest BCUT2D eigenvalue weighted by molar-refractivity contribution is -0.145. The third kappa shape index (κ3) is 1.50. The zero-order valence-corrected chi connectivity index (χ0v) is 10.8. The van der Waals surface area contributed by atoms with Crippen LogP contribution in [-0.4, -0.2) is 12.1 Å². The minimum atomic E-state index is 0.00728. The number of rotatable bonds is 0. The maximum absolute atomic E-state index is 11.7. The molecule has 0 aromatic rings. The summed E-state index contributed by atoms with van der Waals surface area (Å²) in [7, 11) is 0. The Bertz CT molecular complexity index is 421. The van der Waals surface area contributed by atoms with Gasteiger partial charge in [-0.3, -0.25) is 4.79 Å². The van der Waals surface area contributed by atoms with E-state index in [4.69, 9.17) is 4.74 Å². The first-order valence-corrected chi connectivity index (χ1v) is 6.58. The molecule has 0 aromatic carbocycles. The van der Waals surface area contributed by atoms with Crippen molar-refractivity contribution in [3.8, 4) is 0 Å². The second-order valence-electron chi connectivity index (χ2n) is 6.20. The largest absolute Gasteiger partial charge is 0.462 e. The number of fused-ring (bicyclic) bond motifs is 2. The molecule has 2 fully saturated rings. The number of carbonyl (C=O) groups excluding carboxylic acids is 1. The molecule has 3 aliphatic rings. The van der Waals surface area contributed by atoms with Gasteiger partial charge >= 0.3 is 5.97 Å². The smallest absolute Gasteiger partial charge is 0.309 e. The quantitative estimate of drug-likeness (QED) is 0.600. The Balaban J connectivity index is 1.93. The van der Waals surface area contributed by atoms with Gasteiger partial charge in [0, 0.05) is 5.92 Å². The molecular weight excluding hydrogens is 212 g/mol. The molecule has 0 aromatic heterocycles. The molecule has 17 heavy (non-hydrogen) atoms. The SMILES string of the molecule is CC1=CC=C[C@]2(C)C[C@H]3OC(=O)[C@@H](C)[C@H]3C[C@@H]12. The Morgan fingerprint density at radius 3 is 3.00 bits per heavy atom. The van der Waals surface area contributed by atoms with Gasteiger partial charge in [0.15, 0.2) is 0 Å². The monoisotopic (exact) mass is 232 g/mol. The molecule has 0 spiro atoms. The highest BCUT2D eigenvalue weighted by molar-refractivity contribution is 5.75. The summed E-state index contributed by atoms with van der Waals surface area (Å²) in [4.78, 5) is 11.7. The number of hydrogen-bond donors (Lipinski definition) is 0. The van der Waals surface area contributed by atoms with Gasteiger partial charge in [-0.15, -0.1) is 0 Å². The molecule has 0 unspecified atom stereocenters. The van der Waals surface area contributed by atoms with Gasteiger partial charge < -0.3 is 4.74 Å². The van der Waals surface area contributed by atoms with Crippen LogP contribution in [0.25, 0.3) is 0 Å². The molecule has 1 saturated carbocycles. The van der Waals surface area contributed by atoms with Crippen molar-refractivity contribution in [1.82, 2.24) is 0 Å². The van der Waals surface area contributed by atoms with Gasteiger partial charge in [-0.2, -0.15) is 0 Å². The Kier molecular flexibility index (Phi) is 2.26. The molecule has 2 heteroatoms. The van der Waals surface area contributed by atoms with Crippen molar-refractivity contribution in [2.45, 2.75) is 39.7 Å². The summed E-state index contributed by atoms with van der Waals surface area (Å²) in [6.07, 6.45) is 8.91. The van der Waals surface area contributed by atoms with Gasteiger partial charge in [0.2, 0.25) is 0 Å². The fraction of sp³-hybridized carbons (Fsp3) is 0.667. The Labute approximate surface area is 103 Å². The molecule has 3 rings (SSSR count). The molecule has 1 heterocycles. The van der Waals surface area contributed by atoms with Gasteiger partial charge in [-0.25, -0.2) is 0 Å². The molecule has 2 nitrogen and oxygen atoms in total. The predicted molar refractivity (Wildman–Crippen MR) is 66.3 cm³/mol. The lowest BCUT2D eigenvalue weighted by atomic mass is 9.58. The fourth-order valence-electron chi connectivity index (χ4n) is 3.93. The predicted octanol–water partition coefficient (Wildman–Crippen LogP) is 3.10. The van der Waals surface area contributed by atoms with Gasteiger partial charge in [0.1, 0.15) is 6.10 Å². The number of allylic oxidation sites excluding steroid dienone is 4. The van der Waals surface area contributed by atoms with Crippen LogP contribution in [0.1, 0.15) is 33.6 Å². The van der Waals surface area contributed by atoms with Crippen LogP contribution in [0.3, 0.4) is 0 Å². The topological polar surface area (TPSA) is 26.3 Å². The highest BCUT2D eigenvalue weighted by Crippen LogP contribution is 2.53. The second-order valence-corrected chi connectivity index (χ2v) is 6.20. The van der Waals surface area contributed by atoms with Crippen LogP contribution >= 0.6 is 0 Å². The van der Waals surface area contributed by atoms with E-state index >= 15 is 0 Å². The fourth-order valence-corrected chi connectivity index (χ4v) is 3.93. The summed E-state index contributed by atoms with van der Waals surface area (Å²) < 4.78 is 5.53. The van der Waals surface area contributed by atoms with Crippen LogP contribution in [-0.2, 0) is 9.53 Å². The van der Waals surface area contributed by atoms with Gasteiger partial charge in [0.25, 0.3) is 0 Å². The summed E-state index contributed by atoms with van der Waals surface area (Å²) in [6, 6.07) is 0. The average Bonchev–Trinajstić information content (AvgIpc) is 2.52. The van der Waals surface area contributed by atoms with Crippen molar-refractivity contribution < 1.29 is 9.53 Å². The minimum Gasteiger partial charge on any atom is -0.462 e. The molecule has 0 amide bonds. The van der Waals surface area contributed by atoms with Crippen molar-refractivity contribution in [2.75, 3.05) is 0 Å². The van der Waals surface area contributed by atoms with E-state index < -0.39 is 0 Å². The first-order chi connectivity index (χ1) is 8.01. The van der Waals surface area contributed by atoms with Crippen LogP contribution in [0.2, 0.25) is 0 Å². The van der Waals surface area contributed by atoms with Crippen LogP contribution in [0, 0.1) is 23.2 Å². The third-order valence-electron chi connectivity index (χ3n) is 5.09. The summed E-state index contributed by atoms with van der Waals surface area (Å²) >= 11 is 0. The maximum Gasteiger partial charge on any atom is 0.309 e. The van der Waals surface area contributed by atoms with E-state index in [9.17, 15) is 4.79 Å². The molecule has 1 saturated heterocycles. The summed E-state index contributed by atoms with van der Waals surface area (Å²) in [5.41, 5.74) is 1.64.